The highest BCUT2D eigenvalue weighted by atomic mass is 16.3. The van der Waals surface area contributed by atoms with Gasteiger partial charge in [-0.1, -0.05) is 96.9 Å². The molecule has 4 rings (SSSR count). The average Bonchev–Trinajstić information content (AvgIpc) is 3.18. The summed E-state index contributed by atoms with van der Waals surface area (Å²) in [5, 5.41) is 10.3. The number of aliphatic hydroxyl groups excluding tert-OH is 1. The van der Waals surface area contributed by atoms with Crippen LogP contribution in [-0.4, -0.2) is 11.2 Å². The van der Waals surface area contributed by atoms with Crippen LogP contribution < -0.4 is 0 Å². The van der Waals surface area contributed by atoms with Crippen LogP contribution in [0.2, 0.25) is 0 Å². The molecule has 8 atom stereocenters. The fourth-order valence-electron chi connectivity index (χ4n) is 9.53. The zero-order valence-electron chi connectivity index (χ0n) is 23.3. The van der Waals surface area contributed by atoms with Gasteiger partial charge in [0.1, 0.15) is 0 Å². The Balaban J connectivity index is 1.41. The van der Waals surface area contributed by atoms with Gasteiger partial charge in [0.2, 0.25) is 0 Å². The predicted octanol–water partition coefficient (Wildman–Crippen LogP) is 9.51. The fourth-order valence-corrected chi connectivity index (χ4v) is 9.53. The van der Waals surface area contributed by atoms with Crippen LogP contribution in [0.1, 0.15) is 131 Å². The highest BCUT2D eigenvalue weighted by Crippen LogP contribution is 2.67. The van der Waals surface area contributed by atoms with Gasteiger partial charge in [-0.05, 0) is 104 Å². The van der Waals surface area contributed by atoms with Crippen molar-refractivity contribution < 1.29 is 5.11 Å². The first kappa shape index (κ1) is 26.5. The van der Waals surface area contributed by atoms with E-state index in [0.29, 0.717) is 10.8 Å². The van der Waals surface area contributed by atoms with Crippen molar-refractivity contribution in [3.8, 4) is 0 Å². The van der Waals surface area contributed by atoms with E-state index in [4.69, 9.17) is 0 Å². The van der Waals surface area contributed by atoms with E-state index in [-0.39, 0.29) is 6.10 Å². The van der Waals surface area contributed by atoms with Crippen LogP contribution in [0.3, 0.4) is 0 Å². The van der Waals surface area contributed by atoms with E-state index in [0.717, 1.165) is 48.3 Å². The van der Waals surface area contributed by atoms with E-state index in [1.165, 1.54) is 83.5 Å². The minimum absolute atomic E-state index is 0.0863. The highest BCUT2D eigenvalue weighted by molar-refractivity contribution is 5.25. The molecule has 3 saturated carbocycles. The molecule has 1 N–H and O–H groups in total. The lowest BCUT2D eigenvalue weighted by molar-refractivity contribution is -0.0540. The molecule has 0 aliphatic heterocycles. The molecule has 4 aliphatic rings. The molecule has 0 aromatic heterocycles. The Morgan fingerprint density at radius 3 is 2.44 bits per heavy atom. The zero-order chi connectivity index (χ0) is 24.3. The van der Waals surface area contributed by atoms with Crippen LogP contribution in [-0.2, 0) is 0 Å². The van der Waals surface area contributed by atoms with Gasteiger partial charge in [-0.2, -0.15) is 0 Å². The third kappa shape index (κ3) is 5.12. The van der Waals surface area contributed by atoms with Crippen molar-refractivity contribution in [2.24, 2.45) is 46.3 Å². The quantitative estimate of drug-likeness (QED) is 0.316. The first-order valence-electron chi connectivity index (χ1n) is 15.4. The summed E-state index contributed by atoms with van der Waals surface area (Å²) >= 11 is 0. The molecule has 0 unspecified atom stereocenters. The number of fused-ring (bicyclic) bond motifs is 5. The van der Waals surface area contributed by atoms with E-state index < -0.39 is 0 Å². The van der Waals surface area contributed by atoms with Gasteiger partial charge in [-0.25, -0.2) is 0 Å². The van der Waals surface area contributed by atoms with Crippen LogP contribution in [0.25, 0.3) is 0 Å². The van der Waals surface area contributed by atoms with Crippen molar-refractivity contribution in [3.63, 3.8) is 0 Å². The summed E-state index contributed by atoms with van der Waals surface area (Å²) in [6.07, 6.45) is 27.6. The summed E-state index contributed by atoms with van der Waals surface area (Å²) in [5.41, 5.74) is 2.52. The van der Waals surface area contributed by atoms with Gasteiger partial charge in [0.15, 0.2) is 0 Å². The SMILES string of the molecule is CCCCC(C/C=C/[C@@H](C)[C@H]1CC[C@H]2[C@@H]3CC=C4C[C@@H](O)CC[C@]4(C)[C@H]3CC[C@]12C)CCCC. The minimum atomic E-state index is -0.0863. The molecule has 0 heterocycles. The molecule has 4 aliphatic carbocycles. The molecular weight excluding hydrogens is 412 g/mol. The van der Waals surface area contributed by atoms with E-state index in [9.17, 15) is 5.11 Å². The monoisotopic (exact) mass is 468 g/mol. The highest BCUT2D eigenvalue weighted by Gasteiger charge is 2.58. The molecule has 0 bridgehead atoms. The summed E-state index contributed by atoms with van der Waals surface area (Å²) in [6.45, 7) is 12.5. The maximum absolute atomic E-state index is 10.3. The van der Waals surface area contributed by atoms with Crippen LogP contribution in [0.15, 0.2) is 23.8 Å². The standard InChI is InChI=1S/C33H56O/c1-6-8-12-25(13-9-7-2)14-10-11-24(3)29-17-18-30-28-16-15-26-23-27(34)19-21-32(26,4)31(28)20-22-33(29,30)5/h10-11,15,24-25,27-31,34H,6-9,12-14,16-23H2,1-5H3/b11-10+/t24-,27+,28+,29-,30+,31+,32+,33-/m1/s1. The smallest absolute Gasteiger partial charge is 0.0577 e. The van der Waals surface area contributed by atoms with Crippen molar-refractivity contribution in [2.75, 3.05) is 0 Å². The number of unbranched alkanes of at least 4 members (excludes halogenated alkanes) is 2. The van der Waals surface area contributed by atoms with Gasteiger partial charge in [0.05, 0.1) is 6.10 Å². The third-order valence-corrected chi connectivity index (χ3v) is 11.6. The van der Waals surface area contributed by atoms with Gasteiger partial charge < -0.3 is 5.11 Å². The summed E-state index contributed by atoms with van der Waals surface area (Å²) in [6, 6.07) is 0. The van der Waals surface area contributed by atoms with Crippen LogP contribution in [0.5, 0.6) is 0 Å². The normalized spacial score (nSPS) is 40.7. The number of rotatable bonds is 10. The maximum Gasteiger partial charge on any atom is 0.0577 e. The molecule has 0 aromatic carbocycles. The molecule has 1 nitrogen and oxygen atoms in total. The van der Waals surface area contributed by atoms with Crippen LogP contribution >= 0.6 is 0 Å². The lowest BCUT2D eigenvalue weighted by atomic mass is 9.47. The molecule has 3 fully saturated rings. The molecule has 0 aromatic rings. The van der Waals surface area contributed by atoms with Crippen molar-refractivity contribution in [2.45, 2.75) is 137 Å². The molecule has 194 valence electrons. The van der Waals surface area contributed by atoms with E-state index in [2.05, 4.69) is 52.8 Å². The number of aliphatic hydroxyl groups is 1. The molecular formula is C33H56O. The first-order chi connectivity index (χ1) is 16.3. The molecule has 0 saturated heterocycles. The van der Waals surface area contributed by atoms with Crippen molar-refractivity contribution in [3.05, 3.63) is 23.8 Å². The first-order valence-corrected chi connectivity index (χ1v) is 15.4. The Morgan fingerprint density at radius 1 is 1.00 bits per heavy atom. The Hall–Kier alpha value is -0.560. The summed E-state index contributed by atoms with van der Waals surface area (Å²) in [7, 11) is 0. The second-order valence-corrected chi connectivity index (χ2v) is 13.6. The summed E-state index contributed by atoms with van der Waals surface area (Å²) < 4.78 is 0. The van der Waals surface area contributed by atoms with Gasteiger partial charge in [-0.15, -0.1) is 0 Å². The lowest BCUT2D eigenvalue weighted by Gasteiger charge is -2.58. The largest absolute Gasteiger partial charge is 0.393 e. The van der Waals surface area contributed by atoms with E-state index >= 15 is 0 Å². The number of hydrogen-bond donors (Lipinski definition) is 1. The molecule has 0 amide bonds. The third-order valence-electron chi connectivity index (χ3n) is 11.6. The molecule has 1 heteroatoms. The van der Waals surface area contributed by atoms with Gasteiger partial charge >= 0.3 is 0 Å². The maximum atomic E-state index is 10.3. The number of allylic oxidation sites excluding steroid dienone is 3. The van der Waals surface area contributed by atoms with E-state index in [1.54, 1.807) is 5.57 Å². The van der Waals surface area contributed by atoms with Crippen LogP contribution in [0.4, 0.5) is 0 Å². The van der Waals surface area contributed by atoms with Crippen molar-refractivity contribution >= 4 is 0 Å². The lowest BCUT2D eigenvalue weighted by Crippen LogP contribution is -2.50. The Bertz CT molecular complexity index is 712. The molecule has 0 spiro atoms. The minimum Gasteiger partial charge on any atom is -0.393 e. The second-order valence-electron chi connectivity index (χ2n) is 13.6. The van der Waals surface area contributed by atoms with Gasteiger partial charge in [0, 0.05) is 0 Å². The van der Waals surface area contributed by atoms with Crippen LogP contribution in [0, 0.1) is 46.3 Å². The fraction of sp³-hybridized carbons (Fsp3) is 0.879. The van der Waals surface area contributed by atoms with Crippen molar-refractivity contribution in [1.82, 2.24) is 0 Å². The molecule has 0 radical (unpaired) electrons. The predicted molar refractivity (Wildman–Crippen MR) is 147 cm³/mol. The average molecular weight is 469 g/mol. The summed E-state index contributed by atoms with van der Waals surface area (Å²) in [4.78, 5) is 0. The molecule has 34 heavy (non-hydrogen) atoms. The second kappa shape index (κ2) is 11.2. The van der Waals surface area contributed by atoms with E-state index in [1.807, 2.05) is 0 Å². The van der Waals surface area contributed by atoms with Crippen molar-refractivity contribution in [1.29, 1.82) is 0 Å². The number of hydrogen-bond acceptors (Lipinski definition) is 1. The zero-order valence-corrected chi connectivity index (χ0v) is 23.3. The Labute approximate surface area is 212 Å². The topological polar surface area (TPSA) is 20.2 Å². The summed E-state index contributed by atoms with van der Waals surface area (Å²) in [5.74, 6) is 5.15. The Morgan fingerprint density at radius 2 is 1.74 bits per heavy atom. The van der Waals surface area contributed by atoms with Gasteiger partial charge in [0.25, 0.3) is 0 Å². The van der Waals surface area contributed by atoms with Gasteiger partial charge in [-0.3, -0.25) is 0 Å². The Kier molecular flexibility index (Phi) is 8.75.